The van der Waals surface area contributed by atoms with Crippen molar-refractivity contribution in [2.24, 2.45) is 5.10 Å². The van der Waals surface area contributed by atoms with Gasteiger partial charge in [-0.05, 0) is 54.8 Å². The van der Waals surface area contributed by atoms with Crippen LogP contribution >= 0.6 is 23.2 Å². The lowest BCUT2D eigenvalue weighted by molar-refractivity contribution is 0.0950. The summed E-state index contributed by atoms with van der Waals surface area (Å²) in [4.78, 5) is 12.2. The van der Waals surface area contributed by atoms with Crippen LogP contribution < -0.4 is 5.43 Å². The standard InChI is InChI=1S/C19H16Cl2N4O/c1-11-3-5-14(7-12(11)2)17-9-18(24-23-17)19(26)25-22-10-13-4-6-15(20)16(21)8-13/h3-10H,1-2H3,(H,23,24)(H,25,26)/b22-10+. The van der Waals surface area contributed by atoms with Crippen LogP contribution in [0.3, 0.4) is 0 Å². The molecule has 26 heavy (non-hydrogen) atoms. The van der Waals surface area contributed by atoms with E-state index in [1.807, 2.05) is 25.1 Å². The summed E-state index contributed by atoms with van der Waals surface area (Å²) in [6, 6.07) is 12.8. The summed E-state index contributed by atoms with van der Waals surface area (Å²) >= 11 is 11.8. The molecule has 3 aromatic rings. The number of hydrogen-bond acceptors (Lipinski definition) is 3. The van der Waals surface area contributed by atoms with Gasteiger partial charge in [0.2, 0.25) is 0 Å². The van der Waals surface area contributed by atoms with Gasteiger partial charge in [0.05, 0.1) is 22.0 Å². The van der Waals surface area contributed by atoms with Crippen LogP contribution in [-0.4, -0.2) is 22.3 Å². The summed E-state index contributed by atoms with van der Waals surface area (Å²) in [5.41, 5.74) is 7.52. The molecule has 1 heterocycles. The molecule has 7 heteroatoms. The Labute approximate surface area is 161 Å². The van der Waals surface area contributed by atoms with Crippen molar-refractivity contribution in [1.29, 1.82) is 0 Å². The maximum absolute atomic E-state index is 12.2. The van der Waals surface area contributed by atoms with Crippen molar-refractivity contribution in [3.05, 3.63) is 74.9 Å². The number of carbonyl (C=O) groups is 1. The number of aromatic nitrogens is 2. The minimum atomic E-state index is -0.385. The average molecular weight is 387 g/mol. The Balaban J connectivity index is 1.68. The minimum Gasteiger partial charge on any atom is -0.272 e. The molecule has 0 saturated heterocycles. The molecular formula is C19H16Cl2N4O. The maximum atomic E-state index is 12.2. The van der Waals surface area contributed by atoms with Crippen LogP contribution in [0, 0.1) is 13.8 Å². The quantitative estimate of drug-likeness (QED) is 0.500. The van der Waals surface area contributed by atoms with E-state index in [4.69, 9.17) is 23.2 Å². The zero-order valence-corrected chi connectivity index (χ0v) is 15.7. The number of halogens is 2. The van der Waals surface area contributed by atoms with E-state index in [2.05, 4.69) is 27.6 Å². The number of aromatic amines is 1. The first-order chi connectivity index (χ1) is 12.4. The second kappa shape index (κ2) is 7.72. The SMILES string of the molecule is Cc1ccc(-c2cc(C(=O)N/N=C/c3ccc(Cl)c(Cl)c3)[nH]n2)cc1C. The van der Waals surface area contributed by atoms with Gasteiger partial charge in [0.25, 0.3) is 5.91 Å². The van der Waals surface area contributed by atoms with Crippen LogP contribution in [0.2, 0.25) is 10.0 Å². The summed E-state index contributed by atoms with van der Waals surface area (Å²) in [5, 5.41) is 11.7. The number of rotatable bonds is 4. The molecule has 2 aromatic carbocycles. The second-order valence-corrected chi connectivity index (χ2v) is 6.65. The highest BCUT2D eigenvalue weighted by Crippen LogP contribution is 2.22. The van der Waals surface area contributed by atoms with E-state index in [0.717, 1.165) is 11.1 Å². The van der Waals surface area contributed by atoms with Crippen molar-refractivity contribution in [1.82, 2.24) is 15.6 Å². The van der Waals surface area contributed by atoms with E-state index in [0.29, 0.717) is 21.4 Å². The molecule has 0 unspecified atom stereocenters. The fourth-order valence-electron chi connectivity index (χ4n) is 2.31. The van der Waals surface area contributed by atoms with E-state index in [-0.39, 0.29) is 5.91 Å². The molecule has 5 nitrogen and oxygen atoms in total. The van der Waals surface area contributed by atoms with Crippen LogP contribution in [0.15, 0.2) is 47.6 Å². The Kier molecular flexibility index (Phi) is 5.40. The molecule has 0 aliphatic rings. The van der Waals surface area contributed by atoms with E-state index < -0.39 is 0 Å². The highest BCUT2D eigenvalue weighted by atomic mass is 35.5. The summed E-state index contributed by atoms with van der Waals surface area (Å²) in [6.45, 7) is 4.09. The van der Waals surface area contributed by atoms with Crippen molar-refractivity contribution >= 4 is 35.3 Å². The molecule has 1 amide bonds. The van der Waals surface area contributed by atoms with Gasteiger partial charge in [0.15, 0.2) is 0 Å². The highest BCUT2D eigenvalue weighted by Gasteiger charge is 2.11. The topological polar surface area (TPSA) is 70.1 Å². The molecule has 0 aliphatic carbocycles. The van der Waals surface area contributed by atoms with Crippen LogP contribution in [0.25, 0.3) is 11.3 Å². The molecule has 0 radical (unpaired) electrons. The molecule has 2 N–H and O–H groups in total. The predicted molar refractivity (Wildman–Crippen MR) is 105 cm³/mol. The van der Waals surface area contributed by atoms with Gasteiger partial charge in [-0.15, -0.1) is 0 Å². The number of nitrogens with zero attached hydrogens (tertiary/aromatic N) is 2. The molecule has 0 fully saturated rings. The molecule has 0 bridgehead atoms. The molecule has 0 atom stereocenters. The zero-order valence-electron chi connectivity index (χ0n) is 14.2. The van der Waals surface area contributed by atoms with Gasteiger partial charge < -0.3 is 0 Å². The van der Waals surface area contributed by atoms with E-state index in [1.165, 1.54) is 17.3 Å². The summed E-state index contributed by atoms with van der Waals surface area (Å²) in [5.74, 6) is -0.385. The van der Waals surface area contributed by atoms with Crippen molar-refractivity contribution in [2.45, 2.75) is 13.8 Å². The van der Waals surface area contributed by atoms with Crippen molar-refractivity contribution in [3.63, 3.8) is 0 Å². The Hall–Kier alpha value is -2.63. The normalized spacial score (nSPS) is 11.1. The number of nitrogens with one attached hydrogen (secondary N) is 2. The molecule has 0 saturated carbocycles. The molecule has 0 spiro atoms. The number of benzene rings is 2. The number of hydrogen-bond donors (Lipinski definition) is 2. The molecule has 1 aromatic heterocycles. The summed E-state index contributed by atoms with van der Waals surface area (Å²) in [6.07, 6.45) is 1.49. The Bertz CT molecular complexity index is 995. The van der Waals surface area contributed by atoms with E-state index in [1.54, 1.807) is 24.3 Å². The summed E-state index contributed by atoms with van der Waals surface area (Å²) < 4.78 is 0. The number of hydrazone groups is 1. The second-order valence-electron chi connectivity index (χ2n) is 5.84. The Morgan fingerprint density at radius 1 is 1.08 bits per heavy atom. The van der Waals surface area contributed by atoms with Crippen LogP contribution in [0.4, 0.5) is 0 Å². The number of amides is 1. The lowest BCUT2D eigenvalue weighted by Gasteiger charge is -2.01. The number of carbonyl (C=O) groups excluding carboxylic acids is 1. The zero-order chi connectivity index (χ0) is 18.7. The van der Waals surface area contributed by atoms with Crippen LogP contribution in [0.5, 0.6) is 0 Å². The number of H-pyrrole nitrogens is 1. The van der Waals surface area contributed by atoms with Gasteiger partial charge in [0.1, 0.15) is 5.69 Å². The molecule has 0 aliphatic heterocycles. The third-order valence-corrected chi connectivity index (χ3v) is 4.69. The third kappa shape index (κ3) is 4.12. The lowest BCUT2D eigenvalue weighted by Crippen LogP contribution is -2.18. The first-order valence-electron chi connectivity index (χ1n) is 7.85. The van der Waals surface area contributed by atoms with Gasteiger partial charge in [-0.2, -0.15) is 10.2 Å². The smallest absolute Gasteiger partial charge is 0.272 e. The van der Waals surface area contributed by atoms with Crippen LogP contribution in [0.1, 0.15) is 27.2 Å². The monoisotopic (exact) mass is 386 g/mol. The number of aryl methyl sites for hydroxylation is 2. The van der Waals surface area contributed by atoms with Crippen LogP contribution in [-0.2, 0) is 0 Å². The third-order valence-electron chi connectivity index (χ3n) is 3.95. The molecule has 132 valence electrons. The summed E-state index contributed by atoms with van der Waals surface area (Å²) in [7, 11) is 0. The highest BCUT2D eigenvalue weighted by molar-refractivity contribution is 6.42. The van der Waals surface area contributed by atoms with Gasteiger partial charge in [0, 0.05) is 5.56 Å². The van der Waals surface area contributed by atoms with Gasteiger partial charge in [-0.1, -0.05) is 41.4 Å². The van der Waals surface area contributed by atoms with Crippen molar-refractivity contribution in [2.75, 3.05) is 0 Å². The largest absolute Gasteiger partial charge is 0.289 e. The molecular weight excluding hydrogens is 371 g/mol. The van der Waals surface area contributed by atoms with E-state index in [9.17, 15) is 4.79 Å². The van der Waals surface area contributed by atoms with Gasteiger partial charge in [-0.3, -0.25) is 9.89 Å². The minimum absolute atomic E-state index is 0.324. The van der Waals surface area contributed by atoms with Crippen molar-refractivity contribution in [3.8, 4) is 11.3 Å². The first kappa shape index (κ1) is 18.2. The lowest BCUT2D eigenvalue weighted by atomic mass is 10.0. The fourth-order valence-corrected chi connectivity index (χ4v) is 2.61. The predicted octanol–water partition coefficient (Wildman–Crippen LogP) is 4.76. The Morgan fingerprint density at radius 2 is 1.88 bits per heavy atom. The maximum Gasteiger partial charge on any atom is 0.289 e. The molecule has 3 rings (SSSR count). The Morgan fingerprint density at radius 3 is 2.62 bits per heavy atom. The van der Waals surface area contributed by atoms with Gasteiger partial charge in [-0.25, -0.2) is 5.43 Å². The first-order valence-corrected chi connectivity index (χ1v) is 8.61. The van der Waals surface area contributed by atoms with Gasteiger partial charge >= 0.3 is 0 Å². The average Bonchev–Trinajstić information content (AvgIpc) is 3.10. The van der Waals surface area contributed by atoms with E-state index >= 15 is 0 Å². The van der Waals surface area contributed by atoms with Crippen molar-refractivity contribution < 1.29 is 4.79 Å². The fraction of sp³-hybridized carbons (Fsp3) is 0.105.